The number of thioether (sulfide) groups is 1. The van der Waals surface area contributed by atoms with Crippen molar-refractivity contribution in [2.45, 2.75) is 24.8 Å². The number of ether oxygens (including phenoxy) is 1. The minimum absolute atomic E-state index is 0.113. The predicted octanol–water partition coefficient (Wildman–Crippen LogP) is 4.56. The Balaban J connectivity index is 1.55. The van der Waals surface area contributed by atoms with Crippen LogP contribution in [0, 0.1) is 0 Å². The lowest BCUT2D eigenvalue weighted by atomic mass is 10.1. The largest absolute Gasteiger partial charge is 0.457 e. The summed E-state index contributed by atoms with van der Waals surface area (Å²) in [5.74, 6) is -0.804. The highest BCUT2D eigenvalue weighted by molar-refractivity contribution is 7.99. The number of hydrogen-bond donors (Lipinski definition) is 0. The van der Waals surface area contributed by atoms with E-state index >= 15 is 0 Å². The molecule has 0 N–H and O–H groups in total. The standard InChI is InChI=1S/C19H16F3N3O3S2/c1-2-25-17(15-7-4-8-29-15)23-24-18(25)30-11-16(27)28-10-14(26)12-5-3-6-13(9-12)19(20,21)22/h3-9H,2,10-11H2,1H3. The molecular weight excluding hydrogens is 439 g/mol. The molecule has 2 aromatic heterocycles. The van der Waals surface area contributed by atoms with Crippen LogP contribution in [0.5, 0.6) is 0 Å². The number of carbonyl (C=O) groups excluding carboxylic acids is 2. The van der Waals surface area contributed by atoms with Crippen LogP contribution in [0.15, 0.2) is 46.9 Å². The highest BCUT2D eigenvalue weighted by atomic mass is 32.2. The van der Waals surface area contributed by atoms with Crippen LogP contribution in [0.3, 0.4) is 0 Å². The molecule has 0 aliphatic rings. The molecule has 158 valence electrons. The normalized spacial score (nSPS) is 11.5. The van der Waals surface area contributed by atoms with E-state index in [1.807, 2.05) is 29.0 Å². The number of hydrogen-bond acceptors (Lipinski definition) is 7. The van der Waals surface area contributed by atoms with Crippen LogP contribution in [0.1, 0.15) is 22.8 Å². The van der Waals surface area contributed by atoms with Gasteiger partial charge in [-0.25, -0.2) is 0 Å². The molecule has 0 saturated heterocycles. The maximum atomic E-state index is 12.7. The molecule has 3 aromatic rings. The predicted molar refractivity (Wildman–Crippen MR) is 106 cm³/mol. The first-order valence-electron chi connectivity index (χ1n) is 8.75. The maximum absolute atomic E-state index is 12.7. The van der Waals surface area contributed by atoms with Crippen molar-refractivity contribution < 1.29 is 27.5 Å². The van der Waals surface area contributed by atoms with E-state index in [9.17, 15) is 22.8 Å². The summed E-state index contributed by atoms with van der Waals surface area (Å²) >= 11 is 2.63. The Morgan fingerprint density at radius 3 is 2.67 bits per heavy atom. The number of benzene rings is 1. The van der Waals surface area contributed by atoms with Crippen molar-refractivity contribution in [3.63, 3.8) is 0 Å². The lowest BCUT2D eigenvalue weighted by molar-refractivity contribution is -0.139. The van der Waals surface area contributed by atoms with E-state index in [0.29, 0.717) is 17.5 Å². The number of nitrogens with zero attached hydrogens (tertiary/aromatic N) is 3. The number of ketones is 1. The van der Waals surface area contributed by atoms with Crippen molar-refractivity contribution in [1.82, 2.24) is 14.8 Å². The minimum Gasteiger partial charge on any atom is -0.457 e. The summed E-state index contributed by atoms with van der Waals surface area (Å²) in [4.78, 5) is 25.0. The minimum atomic E-state index is -4.55. The topological polar surface area (TPSA) is 74.1 Å². The summed E-state index contributed by atoms with van der Waals surface area (Å²) in [7, 11) is 0. The number of Topliss-reactive ketones (excluding diaryl/α,β-unsaturated/α-hetero) is 1. The van der Waals surface area contributed by atoms with Crippen LogP contribution in [-0.4, -0.2) is 38.9 Å². The molecule has 1 aromatic carbocycles. The second kappa shape index (κ2) is 9.43. The third kappa shape index (κ3) is 5.28. The van der Waals surface area contributed by atoms with Gasteiger partial charge in [-0.15, -0.1) is 21.5 Å². The summed E-state index contributed by atoms with van der Waals surface area (Å²) in [6, 6.07) is 7.81. The van der Waals surface area contributed by atoms with Gasteiger partial charge >= 0.3 is 12.1 Å². The van der Waals surface area contributed by atoms with Gasteiger partial charge in [-0.3, -0.25) is 9.59 Å². The van der Waals surface area contributed by atoms with Crippen LogP contribution in [-0.2, 0) is 22.3 Å². The summed E-state index contributed by atoms with van der Waals surface area (Å²) < 4.78 is 45.0. The van der Waals surface area contributed by atoms with Gasteiger partial charge in [-0.2, -0.15) is 13.2 Å². The zero-order valence-corrected chi connectivity index (χ0v) is 17.3. The number of esters is 1. The van der Waals surface area contributed by atoms with E-state index in [0.717, 1.165) is 34.8 Å². The Morgan fingerprint density at radius 2 is 2.00 bits per heavy atom. The maximum Gasteiger partial charge on any atom is 0.416 e. The van der Waals surface area contributed by atoms with E-state index in [4.69, 9.17) is 4.74 Å². The van der Waals surface area contributed by atoms with Gasteiger partial charge in [0.2, 0.25) is 0 Å². The molecule has 0 spiro atoms. The fourth-order valence-electron chi connectivity index (χ4n) is 2.53. The highest BCUT2D eigenvalue weighted by Gasteiger charge is 2.31. The van der Waals surface area contributed by atoms with Gasteiger partial charge in [-0.05, 0) is 30.5 Å². The van der Waals surface area contributed by atoms with Crippen LogP contribution in [0.4, 0.5) is 13.2 Å². The van der Waals surface area contributed by atoms with Gasteiger partial charge in [0, 0.05) is 12.1 Å². The molecule has 6 nitrogen and oxygen atoms in total. The van der Waals surface area contributed by atoms with Crippen molar-refractivity contribution in [1.29, 1.82) is 0 Å². The monoisotopic (exact) mass is 455 g/mol. The Labute approximate surface area is 178 Å². The zero-order chi connectivity index (χ0) is 21.7. The van der Waals surface area contributed by atoms with Crippen molar-refractivity contribution in [3.05, 3.63) is 52.9 Å². The molecule has 2 heterocycles. The van der Waals surface area contributed by atoms with E-state index in [2.05, 4.69) is 10.2 Å². The molecule has 3 rings (SSSR count). The molecule has 0 atom stereocenters. The van der Waals surface area contributed by atoms with Crippen molar-refractivity contribution in [2.24, 2.45) is 0 Å². The third-order valence-corrected chi connectivity index (χ3v) is 5.78. The molecule has 0 bridgehead atoms. The van der Waals surface area contributed by atoms with Gasteiger partial charge < -0.3 is 9.30 Å². The molecular formula is C19H16F3N3O3S2. The molecule has 11 heteroatoms. The van der Waals surface area contributed by atoms with E-state index in [-0.39, 0.29) is 11.3 Å². The SMILES string of the molecule is CCn1c(SCC(=O)OCC(=O)c2cccc(C(F)(F)F)c2)nnc1-c1cccs1. The van der Waals surface area contributed by atoms with Crippen LogP contribution < -0.4 is 0 Å². The van der Waals surface area contributed by atoms with Crippen LogP contribution >= 0.6 is 23.1 Å². The third-order valence-electron chi connectivity index (χ3n) is 3.97. The van der Waals surface area contributed by atoms with Gasteiger partial charge in [0.15, 0.2) is 23.4 Å². The first-order chi connectivity index (χ1) is 14.3. The fourth-order valence-corrected chi connectivity index (χ4v) is 4.05. The summed E-state index contributed by atoms with van der Waals surface area (Å²) in [5, 5.41) is 10.7. The Hall–Kier alpha value is -2.66. The number of alkyl halides is 3. The lowest BCUT2D eigenvalue weighted by Gasteiger charge is -2.09. The molecule has 0 saturated carbocycles. The molecule has 0 fully saturated rings. The second-order valence-corrected chi connectivity index (χ2v) is 7.87. The first kappa shape index (κ1) is 22.0. The fraction of sp³-hybridized carbons (Fsp3) is 0.263. The van der Waals surface area contributed by atoms with E-state index in [1.54, 1.807) is 0 Å². The molecule has 0 unspecified atom stereocenters. The number of halogens is 3. The van der Waals surface area contributed by atoms with Crippen LogP contribution in [0.25, 0.3) is 10.7 Å². The molecule has 0 aliphatic heterocycles. The summed E-state index contributed by atoms with van der Waals surface area (Å²) in [6.45, 7) is 1.89. The van der Waals surface area contributed by atoms with Gasteiger partial charge in [0.1, 0.15) is 0 Å². The molecule has 0 radical (unpaired) electrons. The Bertz CT molecular complexity index is 1030. The van der Waals surface area contributed by atoms with Gasteiger partial charge in [-0.1, -0.05) is 30.0 Å². The van der Waals surface area contributed by atoms with Crippen molar-refractivity contribution in [2.75, 3.05) is 12.4 Å². The second-order valence-electron chi connectivity index (χ2n) is 5.98. The Morgan fingerprint density at radius 1 is 1.20 bits per heavy atom. The smallest absolute Gasteiger partial charge is 0.416 e. The number of thiophene rings is 1. The van der Waals surface area contributed by atoms with Crippen molar-refractivity contribution in [3.8, 4) is 10.7 Å². The Kier molecular flexibility index (Phi) is 6.93. The van der Waals surface area contributed by atoms with E-state index < -0.39 is 30.1 Å². The summed E-state index contributed by atoms with van der Waals surface area (Å²) in [5.41, 5.74) is -1.10. The van der Waals surface area contributed by atoms with Gasteiger partial charge in [0.05, 0.1) is 16.2 Å². The quantitative estimate of drug-likeness (QED) is 0.282. The highest BCUT2D eigenvalue weighted by Crippen LogP contribution is 2.30. The van der Waals surface area contributed by atoms with E-state index in [1.165, 1.54) is 17.4 Å². The zero-order valence-electron chi connectivity index (χ0n) is 15.7. The molecule has 30 heavy (non-hydrogen) atoms. The van der Waals surface area contributed by atoms with Crippen LogP contribution in [0.2, 0.25) is 0 Å². The lowest BCUT2D eigenvalue weighted by Crippen LogP contribution is -2.16. The number of aromatic nitrogens is 3. The van der Waals surface area contributed by atoms with Crippen molar-refractivity contribution >= 4 is 34.9 Å². The average molecular weight is 455 g/mol. The first-order valence-corrected chi connectivity index (χ1v) is 10.6. The molecule has 0 aliphatic carbocycles. The number of carbonyl (C=O) groups is 2. The average Bonchev–Trinajstić information content (AvgIpc) is 3.39. The van der Waals surface area contributed by atoms with Gasteiger partial charge in [0.25, 0.3) is 0 Å². The summed E-state index contributed by atoms with van der Waals surface area (Å²) in [6.07, 6.45) is -4.55. The molecule has 0 amide bonds. The number of rotatable bonds is 8.